The number of hydrogen-bond acceptors (Lipinski definition) is 3. The van der Waals surface area contributed by atoms with Gasteiger partial charge in [-0.05, 0) is 28.1 Å². The molecule has 0 aliphatic carbocycles. The molecule has 1 atom stereocenters. The summed E-state index contributed by atoms with van der Waals surface area (Å²) in [6.45, 7) is 1.21. The summed E-state index contributed by atoms with van der Waals surface area (Å²) in [6, 6.07) is 3.06. The van der Waals surface area contributed by atoms with E-state index in [2.05, 4.69) is 37.2 Å². The van der Waals surface area contributed by atoms with Crippen molar-refractivity contribution in [1.29, 1.82) is 0 Å². The number of hydrogen-bond donors (Lipinski definition) is 1. The summed E-state index contributed by atoms with van der Waals surface area (Å²) in [6.07, 6.45) is 0. The first kappa shape index (κ1) is 19.3. The lowest BCUT2D eigenvalue weighted by atomic mass is 10.2. The van der Waals surface area contributed by atoms with Crippen LogP contribution in [0.4, 0.5) is 0 Å². The zero-order valence-electron chi connectivity index (χ0n) is 10.2. The minimum atomic E-state index is -1.89. The number of esters is 1. The van der Waals surface area contributed by atoms with Gasteiger partial charge < -0.3 is 10.1 Å². The minimum Gasteiger partial charge on any atom is -0.425 e. The van der Waals surface area contributed by atoms with Crippen molar-refractivity contribution in [2.45, 2.75) is 16.2 Å². The first-order valence-electron chi connectivity index (χ1n) is 5.21. The number of nitrogens with one attached hydrogen (secondary N) is 1. The van der Waals surface area contributed by atoms with Crippen molar-refractivity contribution in [2.75, 3.05) is 0 Å². The Kier molecular flexibility index (Phi) is 7.09. The molecule has 0 saturated carbocycles. The van der Waals surface area contributed by atoms with E-state index in [0.717, 1.165) is 0 Å². The standard InChI is InChI=1S/C11H7Br2Cl4NO3/c1-4(19)21-8-6(2-5(12)3-7(8)13)9(20)18-10(14)11(15,16)17/h2-3,10H,1H3,(H,18,20). The summed E-state index contributed by atoms with van der Waals surface area (Å²) in [4.78, 5) is 23.3. The molecule has 0 bridgehead atoms. The van der Waals surface area contributed by atoms with Crippen molar-refractivity contribution < 1.29 is 14.3 Å². The molecule has 0 radical (unpaired) electrons. The molecule has 0 heterocycles. The zero-order valence-corrected chi connectivity index (χ0v) is 16.4. The summed E-state index contributed by atoms with van der Waals surface area (Å²) in [7, 11) is 0. The summed E-state index contributed by atoms with van der Waals surface area (Å²) >= 11 is 29.0. The van der Waals surface area contributed by atoms with Crippen LogP contribution >= 0.6 is 78.3 Å². The van der Waals surface area contributed by atoms with Crippen molar-refractivity contribution in [1.82, 2.24) is 5.32 Å². The fourth-order valence-corrected chi connectivity index (χ4v) is 2.82. The van der Waals surface area contributed by atoms with Gasteiger partial charge in [0.05, 0.1) is 10.0 Å². The zero-order chi connectivity index (χ0) is 16.4. The van der Waals surface area contributed by atoms with Crippen molar-refractivity contribution in [3.05, 3.63) is 26.6 Å². The van der Waals surface area contributed by atoms with E-state index in [0.29, 0.717) is 8.95 Å². The summed E-state index contributed by atoms with van der Waals surface area (Å²) < 4.78 is 4.10. The van der Waals surface area contributed by atoms with Crippen LogP contribution in [0.3, 0.4) is 0 Å². The highest BCUT2D eigenvalue weighted by Crippen LogP contribution is 2.35. The highest BCUT2D eigenvalue weighted by molar-refractivity contribution is 9.11. The largest absolute Gasteiger partial charge is 0.425 e. The van der Waals surface area contributed by atoms with E-state index in [1.807, 2.05) is 0 Å². The van der Waals surface area contributed by atoms with Crippen LogP contribution in [0.1, 0.15) is 17.3 Å². The second kappa shape index (κ2) is 7.70. The maximum absolute atomic E-state index is 12.2. The van der Waals surface area contributed by atoms with Crippen LogP contribution in [0.2, 0.25) is 0 Å². The van der Waals surface area contributed by atoms with E-state index >= 15 is 0 Å². The van der Waals surface area contributed by atoms with Crippen molar-refractivity contribution in [2.24, 2.45) is 0 Å². The number of alkyl halides is 4. The molecule has 1 N–H and O–H groups in total. The molecule has 1 unspecified atom stereocenters. The predicted molar refractivity (Wildman–Crippen MR) is 90.5 cm³/mol. The number of ether oxygens (including phenoxy) is 1. The lowest BCUT2D eigenvalue weighted by Crippen LogP contribution is -2.39. The molecule has 0 aliphatic rings. The molecule has 0 saturated heterocycles. The lowest BCUT2D eigenvalue weighted by Gasteiger charge is -2.20. The Morgan fingerprint density at radius 3 is 2.33 bits per heavy atom. The first-order valence-corrected chi connectivity index (χ1v) is 8.37. The van der Waals surface area contributed by atoms with E-state index in [4.69, 9.17) is 51.1 Å². The number of rotatable bonds is 3. The molecule has 1 aromatic carbocycles. The molecule has 0 fully saturated rings. The Balaban J connectivity index is 3.16. The lowest BCUT2D eigenvalue weighted by molar-refractivity contribution is -0.131. The van der Waals surface area contributed by atoms with Gasteiger partial charge in [0, 0.05) is 11.4 Å². The van der Waals surface area contributed by atoms with Gasteiger partial charge in [0.25, 0.3) is 5.91 Å². The van der Waals surface area contributed by atoms with Gasteiger partial charge in [-0.1, -0.05) is 62.3 Å². The SMILES string of the molecule is CC(=O)Oc1c(Br)cc(Br)cc1C(=O)NC(Cl)C(Cl)(Cl)Cl. The molecule has 1 amide bonds. The third-order valence-corrected chi connectivity index (χ3v) is 4.52. The number of amides is 1. The molecular weight excluding hydrogens is 496 g/mol. The van der Waals surface area contributed by atoms with Gasteiger partial charge in [0.15, 0.2) is 11.3 Å². The van der Waals surface area contributed by atoms with Gasteiger partial charge >= 0.3 is 5.97 Å². The van der Waals surface area contributed by atoms with Gasteiger partial charge in [-0.25, -0.2) is 0 Å². The molecule has 10 heteroatoms. The molecule has 4 nitrogen and oxygen atoms in total. The van der Waals surface area contributed by atoms with Crippen LogP contribution in [0, 0.1) is 0 Å². The minimum absolute atomic E-state index is 0.0383. The van der Waals surface area contributed by atoms with E-state index in [9.17, 15) is 9.59 Å². The van der Waals surface area contributed by atoms with Gasteiger partial charge in [-0.3, -0.25) is 9.59 Å². The molecule has 0 aliphatic heterocycles. The second-order valence-corrected chi connectivity index (χ2v) is 8.31. The van der Waals surface area contributed by atoms with Crippen molar-refractivity contribution >= 4 is 90.1 Å². The maximum Gasteiger partial charge on any atom is 0.308 e. The van der Waals surface area contributed by atoms with Crippen molar-refractivity contribution in [3.8, 4) is 5.75 Å². The van der Waals surface area contributed by atoms with E-state index in [-0.39, 0.29) is 11.3 Å². The number of benzene rings is 1. The summed E-state index contributed by atoms with van der Waals surface area (Å²) in [5.74, 6) is -1.22. The van der Waals surface area contributed by atoms with E-state index in [1.165, 1.54) is 13.0 Å². The van der Waals surface area contributed by atoms with Crippen LogP contribution in [-0.4, -0.2) is 21.2 Å². The second-order valence-electron chi connectivity index (χ2n) is 3.74. The third kappa shape index (κ3) is 5.77. The van der Waals surface area contributed by atoms with Gasteiger partial charge in [-0.2, -0.15) is 0 Å². The Morgan fingerprint density at radius 1 is 1.29 bits per heavy atom. The van der Waals surface area contributed by atoms with E-state index < -0.39 is 21.2 Å². The maximum atomic E-state index is 12.2. The van der Waals surface area contributed by atoms with Crippen molar-refractivity contribution in [3.63, 3.8) is 0 Å². The molecule has 21 heavy (non-hydrogen) atoms. The Labute approximate surface area is 157 Å². The third-order valence-electron chi connectivity index (χ3n) is 2.04. The fraction of sp³-hybridized carbons (Fsp3) is 0.273. The number of halogens is 6. The van der Waals surface area contributed by atoms with Crippen LogP contribution in [0.15, 0.2) is 21.1 Å². The molecule has 1 rings (SSSR count). The highest BCUT2D eigenvalue weighted by Gasteiger charge is 2.33. The Hall–Kier alpha value is 0.280. The number of carbonyl (C=O) groups is 2. The Bertz CT molecular complexity index is 577. The number of carbonyl (C=O) groups excluding carboxylic acids is 2. The topological polar surface area (TPSA) is 55.4 Å². The van der Waals surface area contributed by atoms with Crippen LogP contribution in [-0.2, 0) is 4.79 Å². The van der Waals surface area contributed by atoms with Gasteiger partial charge in [0.1, 0.15) is 0 Å². The highest BCUT2D eigenvalue weighted by atomic mass is 79.9. The molecule has 1 aromatic rings. The van der Waals surface area contributed by atoms with Gasteiger partial charge in [-0.15, -0.1) is 0 Å². The molecule has 0 spiro atoms. The average Bonchev–Trinajstić information content (AvgIpc) is 2.30. The summed E-state index contributed by atoms with van der Waals surface area (Å²) in [5.41, 5.74) is -1.22. The molecular formula is C11H7Br2Cl4NO3. The van der Waals surface area contributed by atoms with Crippen LogP contribution in [0.25, 0.3) is 0 Å². The predicted octanol–water partition coefficient (Wildman–Crippen LogP) is 4.80. The fourth-order valence-electron chi connectivity index (χ4n) is 1.25. The molecule has 116 valence electrons. The quantitative estimate of drug-likeness (QED) is 0.280. The Morgan fingerprint density at radius 2 is 1.86 bits per heavy atom. The van der Waals surface area contributed by atoms with E-state index in [1.54, 1.807) is 6.07 Å². The summed E-state index contributed by atoms with van der Waals surface area (Å²) in [5, 5.41) is 2.30. The monoisotopic (exact) mass is 499 g/mol. The average molecular weight is 503 g/mol. The van der Waals surface area contributed by atoms with Crippen LogP contribution in [0.5, 0.6) is 5.75 Å². The first-order chi connectivity index (χ1) is 9.52. The van der Waals surface area contributed by atoms with Crippen LogP contribution < -0.4 is 10.1 Å². The normalized spacial score (nSPS) is 12.7. The van der Waals surface area contributed by atoms with Gasteiger partial charge in [0.2, 0.25) is 3.79 Å². The smallest absolute Gasteiger partial charge is 0.308 e. The molecule has 0 aromatic heterocycles.